The highest BCUT2D eigenvalue weighted by atomic mass is 16.5. The van der Waals surface area contributed by atoms with Gasteiger partial charge in [-0.2, -0.15) is 0 Å². The number of piperidine rings is 1. The van der Waals surface area contributed by atoms with E-state index in [0.29, 0.717) is 12.5 Å². The Morgan fingerprint density at radius 3 is 2.78 bits per heavy atom. The van der Waals surface area contributed by atoms with Crippen LogP contribution in [0.2, 0.25) is 0 Å². The van der Waals surface area contributed by atoms with Crippen LogP contribution in [0, 0.1) is 5.92 Å². The maximum atomic E-state index is 11.3. The SMILES string of the molecule is COC(=O)CN1CC(CCO)CC(NCCO)C1. The van der Waals surface area contributed by atoms with Gasteiger partial charge in [0.2, 0.25) is 0 Å². The highest BCUT2D eigenvalue weighted by Gasteiger charge is 2.27. The van der Waals surface area contributed by atoms with Gasteiger partial charge in [0.1, 0.15) is 0 Å². The molecule has 0 aliphatic carbocycles. The topological polar surface area (TPSA) is 82.0 Å². The van der Waals surface area contributed by atoms with Crippen molar-refractivity contribution in [1.82, 2.24) is 10.2 Å². The van der Waals surface area contributed by atoms with Crippen molar-refractivity contribution in [3.05, 3.63) is 0 Å². The number of rotatable bonds is 7. The molecule has 0 aromatic heterocycles. The summed E-state index contributed by atoms with van der Waals surface area (Å²) in [7, 11) is 1.39. The van der Waals surface area contributed by atoms with Crippen molar-refractivity contribution in [2.24, 2.45) is 5.92 Å². The van der Waals surface area contributed by atoms with Gasteiger partial charge in [0, 0.05) is 32.3 Å². The Hall–Kier alpha value is -0.690. The van der Waals surface area contributed by atoms with Crippen molar-refractivity contribution in [2.45, 2.75) is 18.9 Å². The van der Waals surface area contributed by atoms with Crippen LogP contribution in [0.1, 0.15) is 12.8 Å². The van der Waals surface area contributed by atoms with E-state index in [1.807, 2.05) is 4.90 Å². The monoisotopic (exact) mass is 260 g/mol. The van der Waals surface area contributed by atoms with Crippen LogP contribution in [0.3, 0.4) is 0 Å². The average molecular weight is 260 g/mol. The lowest BCUT2D eigenvalue weighted by Gasteiger charge is -2.37. The number of hydrogen-bond acceptors (Lipinski definition) is 6. The zero-order valence-electron chi connectivity index (χ0n) is 11.0. The number of aliphatic hydroxyl groups excluding tert-OH is 2. The van der Waals surface area contributed by atoms with E-state index in [0.717, 1.165) is 25.9 Å². The van der Waals surface area contributed by atoms with Crippen LogP contribution in [0.5, 0.6) is 0 Å². The van der Waals surface area contributed by atoms with Gasteiger partial charge in [-0.05, 0) is 18.8 Å². The predicted molar refractivity (Wildman–Crippen MR) is 67.1 cm³/mol. The van der Waals surface area contributed by atoms with Gasteiger partial charge in [0.15, 0.2) is 0 Å². The molecule has 6 heteroatoms. The molecule has 0 aromatic carbocycles. The molecule has 0 spiro atoms. The molecule has 1 heterocycles. The quantitative estimate of drug-likeness (QED) is 0.500. The van der Waals surface area contributed by atoms with Crippen LogP contribution in [0.4, 0.5) is 0 Å². The standard InChI is InChI=1S/C12H24N2O4/c1-18-12(17)9-14-7-10(2-4-15)6-11(8-14)13-3-5-16/h10-11,13,15-16H,2-9H2,1H3. The maximum Gasteiger partial charge on any atom is 0.319 e. The third-order valence-corrected chi connectivity index (χ3v) is 3.28. The van der Waals surface area contributed by atoms with Gasteiger partial charge >= 0.3 is 5.97 Å². The summed E-state index contributed by atoms with van der Waals surface area (Å²) in [5.74, 6) is 0.144. The van der Waals surface area contributed by atoms with Crippen LogP contribution < -0.4 is 5.32 Å². The van der Waals surface area contributed by atoms with E-state index >= 15 is 0 Å². The van der Waals surface area contributed by atoms with Crippen LogP contribution >= 0.6 is 0 Å². The second-order valence-electron chi connectivity index (χ2n) is 4.76. The lowest BCUT2D eigenvalue weighted by atomic mass is 9.91. The summed E-state index contributed by atoms with van der Waals surface area (Å²) < 4.78 is 4.67. The number of methoxy groups -OCH3 is 1. The number of aliphatic hydroxyl groups is 2. The predicted octanol–water partition coefficient (Wildman–Crippen LogP) is -1.19. The van der Waals surface area contributed by atoms with Crippen LogP contribution in [0.25, 0.3) is 0 Å². The van der Waals surface area contributed by atoms with E-state index in [1.54, 1.807) is 0 Å². The van der Waals surface area contributed by atoms with Crippen molar-refractivity contribution in [2.75, 3.05) is 46.5 Å². The van der Waals surface area contributed by atoms with Crippen LogP contribution in [-0.2, 0) is 9.53 Å². The second kappa shape index (κ2) is 8.42. The summed E-state index contributed by atoms with van der Waals surface area (Å²) in [4.78, 5) is 13.3. The van der Waals surface area contributed by atoms with E-state index in [1.165, 1.54) is 7.11 Å². The first-order valence-electron chi connectivity index (χ1n) is 6.43. The summed E-state index contributed by atoms with van der Waals surface area (Å²) in [5.41, 5.74) is 0. The molecule has 1 aliphatic rings. The average Bonchev–Trinajstić information content (AvgIpc) is 2.36. The number of carbonyl (C=O) groups is 1. The number of carbonyl (C=O) groups excluding carboxylic acids is 1. The molecule has 0 bridgehead atoms. The molecule has 1 saturated heterocycles. The molecule has 18 heavy (non-hydrogen) atoms. The largest absolute Gasteiger partial charge is 0.468 e. The van der Waals surface area contributed by atoms with Gasteiger partial charge in [-0.25, -0.2) is 0 Å². The van der Waals surface area contributed by atoms with Gasteiger partial charge in [0.05, 0.1) is 20.3 Å². The molecule has 6 nitrogen and oxygen atoms in total. The minimum atomic E-state index is -0.236. The number of ether oxygens (including phenoxy) is 1. The van der Waals surface area contributed by atoms with Crippen molar-refractivity contribution in [3.63, 3.8) is 0 Å². The lowest BCUT2D eigenvalue weighted by Crippen LogP contribution is -2.51. The number of likely N-dealkylation sites (tertiary alicyclic amines) is 1. The highest BCUT2D eigenvalue weighted by Crippen LogP contribution is 2.19. The smallest absolute Gasteiger partial charge is 0.319 e. The van der Waals surface area contributed by atoms with E-state index in [-0.39, 0.29) is 31.8 Å². The zero-order valence-corrected chi connectivity index (χ0v) is 11.0. The van der Waals surface area contributed by atoms with Gasteiger partial charge in [-0.15, -0.1) is 0 Å². The molecule has 0 aromatic rings. The van der Waals surface area contributed by atoms with Crippen molar-refractivity contribution >= 4 is 5.97 Å². The minimum Gasteiger partial charge on any atom is -0.468 e. The van der Waals surface area contributed by atoms with Crippen molar-refractivity contribution < 1.29 is 19.7 Å². The fourth-order valence-corrected chi connectivity index (χ4v) is 2.49. The third kappa shape index (κ3) is 5.30. The van der Waals surface area contributed by atoms with Crippen LogP contribution in [0.15, 0.2) is 0 Å². The van der Waals surface area contributed by atoms with Gasteiger partial charge in [-0.1, -0.05) is 0 Å². The number of hydrogen-bond donors (Lipinski definition) is 3. The third-order valence-electron chi connectivity index (χ3n) is 3.28. The Labute approximate surface area is 108 Å². The fraction of sp³-hybridized carbons (Fsp3) is 0.917. The number of nitrogens with one attached hydrogen (secondary N) is 1. The Kier molecular flexibility index (Phi) is 7.19. The van der Waals surface area contributed by atoms with Crippen molar-refractivity contribution in [1.29, 1.82) is 0 Å². The Balaban J connectivity index is 2.47. The van der Waals surface area contributed by atoms with Crippen molar-refractivity contribution in [3.8, 4) is 0 Å². The molecular weight excluding hydrogens is 236 g/mol. The highest BCUT2D eigenvalue weighted by molar-refractivity contribution is 5.71. The van der Waals surface area contributed by atoms with E-state index in [2.05, 4.69) is 10.1 Å². The Morgan fingerprint density at radius 2 is 2.17 bits per heavy atom. The number of esters is 1. The summed E-state index contributed by atoms with van der Waals surface area (Å²) >= 11 is 0. The summed E-state index contributed by atoms with van der Waals surface area (Å²) in [6.07, 6.45) is 1.72. The Morgan fingerprint density at radius 1 is 1.39 bits per heavy atom. The van der Waals surface area contributed by atoms with E-state index < -0.39 is 0 Å². The van der Waals surface area contributed by atoms with E-state index in [9.17, 15) is 4.79 Å². The molecule has 1 aliphatic heterocycles. The summed E-state index contributed by atoms with van der Waals surface area (Å²) in [6.45, 7) is 2.71. The molecule has 3 N–H and O–H groups in total. The first kappa shape index (κ1) is 15.4. The van der Waals surface area contributed by atoms with Crippen LogP contribution in [-0.4, -0.2) is 73.6 Å². The molecule has 106 valence electrons. The summed E-state index contributed by atoms with van der Waals surface area (Å²) in [6, 6.07) is 0.257. The molecule has 1 rings (SSSR count). The van der Waals surface area contributed by atoms with Gasteiger partial charge < -0.3 is 20.3 Å². The molecule has 2 atom stereocenters. The molecule has 2 unspecified atom stereocenters. The zero-order chi connectivity index (χ0) is 13.4. The molecular formula is C12H24N2O4. The minimum absolute atomic E-state index is 0.109. The van der Waals surface area contributed by atoms with Gasteiger partial charge in [0.25, 0.3) is 0 Å². The lowest BCUT2D eigenvalue weighted by molar-refractivity contribution is -0.142. The first-order chi connectivity index (χ1) is 8.69. The maximum absolute atomic E-state index is 11.3. The summed E-state index contributed by atoms with van der Waals surface area (Å²) in [5, 5.41) is 21.1. The molecule has 1 fully saturated rings. The Bertz CT molecular complexity index is 250. The second-order valence-corrected chi connectivity index (χ2v) is 4.76. The molecule has 0 amide bonds. The first-order valence-corrected chi connectivity index (χ1v) is 6.43. The number of nitrogens with zero attached hydrogens (tertiary/aromatic N) is 1. The van der Waals surface area contributed by atoms with E-state index in [4.69, 9.17) is 10.2 Å². The normalized spacial score (nSPS) is 25.1. The van der Waals surface area contributed by atoms with Gasteiger partial charge in [-0.3, -0.25) is 9.69 Å². The molecule has 0 radical (unpaired) electrons. The molecule has 0 saturated carbocycles. The fourth-order valence-electron chi connectivity index (χ4n) is 2.49.